The SMILES string of the molecule is CN1C(=O)C2C(N=C3N(CCCc4ccccc4)C(c4ccccc4)=CN32)N(C)C1=O. The molecule has 1 saturated heterocycles. The number of carbonyl (C=O) groups is 2. The van der Waals surface area contributed by atoms with E-state index in [1.807, 2.05) is 35.4 Å². The molecule has 7 heteroatoms. The number of rotatable bonds is 5. The van der Waals surface area contributed by atoms with Crippen molar-refractivity contribution in [1.82, 2.24) is 19.6 Å². The maximum atomic E-state index is 13.0. The molecule has 3 amide bonds. The summed E-state index contributed by atoms with van der Waals surface area (Å²) >= 11 is 0. The van der Waals surface area contributed by atoms with Gasteiger partial charge in [-0.15, -0.1) is 0 Å². The molecule has 31 heavy (non-hydrogen) atoms. The molecule has 3 heterocycles. The average Bonchev–Trinajstić information content (AvgIpc) is 3.34. The summed E-state index contributed by atoms with van der Waals surface area (Å²) in [5, 5.41) is 0. The third kappa shape index (κ3) is 3.17. The lowest BCUT2D eigenvalue weighted by Gasteiger charge is -2.38. The minimum Gasteiger partial charge on any atom is -0.310 e. The summed E-state index contributed by atoms with van der Waals surface area (Å²) < 4.78 is 0. The number of aliphatic imine (C=N–C) groups is 1. The van der Waals surface area contributed by atoms with Crippen molar-refractivity contribution in [3.8, 4) is 0 Å². The molecule has 2 atom stereocenters. The van der Waals surface area contributed by atoms with Crippen LogP contribution in [0.5, 0.6) is 0 Å². The van der Waals surface area contributed by atoms with Crippen LogP contribution in [0.1, 0.15) is 17.5 Å². The minimum absolute atomic E-state index is 0.221. The summed E-state index contributed by atoms with van der Waals surface area (Å²) in [4.78, 5) is 37.1. The van der Waals surface area contributed by atoms with E-state index >= 15 is 0 Å². The lowest BCUT2D eigenvalue weighted by Crippen LogP contribution is -2.63. The van der Waals surface area contributed by atoms with E-state index < -0.39 is 12.2 Å². The Bertz CT molecular complexity index is 1070. The number of nitrogens with zero attached hydrogens (tertiary/aromatic N) is 5. The highest BCUT2D eigenvalue weighted by Gasteiger charge is 2.53. The van der Waals surface area contributed by atoms with Crippen molar-refractivity contribution in [3.63, 3.8) is 0 Å². The first-order valence-corrected chi connectivity index (χ1v) is 10.6. The summed E-state index contributed by atoms with van der Waals surface area (Å²) in [6, 6.07) is 19.7. The van der Waals surface area contributed by atoms with E-state index in [4.69, 9.17) is 4.99 Å². The van der Waals surface area contributed by atoms with E-state index in [0.29, 0.717) is 0 Å². The topological polar surface area (TPSA) is 59.5 Å². The maximum Gasteiger partial charge on any atom is 0.328 e. The zero-order valence-corrected chi connectivity index (χ0v) is 17.7. The second-order valence-corrected chi connectivity index (χ2v) is 8.11. The van der Waals surface area contributed by atoms with Crippen molar-refractivity contribution in [2.75, 3.05) is 20.6 Å². The number of amides is 3. The third-order valence-electron chi connectivity index (χ3n) is 6.18. The van der Waals surface area contributed by atoms with Crippen molar-refractivity contribution in [3.05, 3.63) is 78.0 Å². The summed E-state index contributed by atoms with van der Waals surface area (Å²) in [6.07, 6.45) is 3.41. The molecule has 0 bridgehead atoms. The molecule has 0 saturated carbocycles. The molecule has 0 spiro atoms. The Morgan fingerprint density at radius 3 is 2.32 bits per heavy atom. The average molecular weight is 415 g/mol. The van der Waals surface area contributed by atoms with Gasteiger partial charge in [-0.2, -0.15) is 0 Å². The Kier molecular flexibility index (Phi) is 4.73. The van der Waals surface area contributed by atoms with E-state index in [0.717, 1.165) is 36.6 Å². The van der Waals surface area contributed by atoms with Gasteiger partial charge in [0.15, 0.2) is 12.2 Å². The number of hydrogen-bond donors (Lipinski definition) is 0. The Morgan fingerprint density at radius 1 is 0.935 bits per heavy atom. The number of carbonyl (C=O) groups excluding carboxylic acids is 2. The zero-order valence-electron chi connectivity index (χ0n) is 17.7. The molecule has 0 radical (unpaired) electrons. The van der Waals surface area contributed by atoms with Gasteiger partial charge in [-0.25, -0.2) is 9.79 Å². The fraction of sp³-hybridized carbons (Fsp3) is 0.292. The summed E-state index contributed by atoms with van der Waals surface area (Å²) in [6.45, 7) is 0.770. The Hall–Kier alpha value is -3.61. The first-order chi connectivity index (χ1) is 15.1. The van der Waals surface area contributed by atoms with Gasteiger partial charge in [-0.05, 0) is 24.0 Å². The predicted molar refractivity (Wildman–Crippen MR) is 119 cm³/mol. The van der Waals surface area contributed by atoms with Gasteiger partial charge in [-0.1, -0.05) is 60.7 Å². The van der Waals surface area contributed by atoms with Crippen LogP contribution >= 0.6 is 0 Å². The van der Waals surface area contributed by atoms with Crippen molar-refractivity contribution in [1.29, 1.82) is 0 Å². The number of urea groups is 1. The Labute approximate surface area is 181 Å². The molecule has 0 aromatic heterocycles. The Balaban J connectivity index is 1.45. The van der Waals surface area contributed by atoms with E-state index in [2.05, 4.69) is 41.3 Å². The van der Waals surface area contributed by atoms with E-state index in [1.54, 1.807) is 11.9 Å². The molecule has 158 valence electrons. The highest BCUT2D eigenvalue weighted by atomic mass is 16.2. The summed E-state index contributed by atoms with van der Waals surface area (Å²) in [5.74, 6) is 0.520. The number of hydrogen-bond acceptors (Lipinski definition) is 5. The van der Waals surface area contributed by atoms with Gasteiger partial charge in [0.2, 0.25) is 5.96 Å². The predicted octanol–water partition coefficient (Wildman–Crippen LogP) is 2.82. The molecule has 2 aromatic carbocycles. The van der Waals surface area contributed by atoms with Crippen LogP contribution in [0.25, 0.3) is 5.70 Å². The Morgan fingerprint density at radius 2 is 1.61 bits per heavy atom. The third-order valence-corrected chi connectivity index (χ3v) is 6.18. The molecule has 2 aromatic rings. The molecule has 2 unspecified atom stereocenters. The van der Waals surface area contributed by atoms with Crippen LogP contribution in [0, 0.1) is 0 Å². The monoisotopic (exact) mass is 415 g/mol. The molecule has 1 fully saturated rings. The quantitative estimate of drug-likeness (QED) is 0.754. The second kappa shape index (κ2) is 7.58. The number of benzene rings is 2. The van der Waals surface area contributed by atoms with Crippen LogP contribution in [-0.2, 0) is 11.2 Å². The van der Waals surface area contributed by atoms with Gasteiger partial charge in [0.05, 0.1) is 5.70 Å². The molecule has 0 N–H and O–H groups in total. The number of guanidine groups is 1. The molecule has 3 aliphatic heterocycles. The van der Waals surface area contributed by atoms with Crippen molar-refractivity contribution in [2.45, 2.75) is 25.0 Å². The summed E-state index contributed by atoms with van der Waals surface area (Å²) in [5.41, 5.74) is 3.41. The van der Waals surface area contributed by atoms with E-state index in [-0.39, 0.29) is 11.9 Å². The largest absolute Gasteiger partial charge is 0.328 e. The normalized spacial score (nSPS) is 22.5. The van der Waals surface area contributed by atoms with Crippen LogP contribution in [0.4, 0.5) is 4.79 Å². The highest BCUT2D eigenvalue weighted by Crippen LogP contribution is 2.37. The van der Waals surface area contributed by atoms with Gasteiger partial charge < -0.3 is 14.7 Å². The fourth-order valence-corrected chi connectivity index (χ4v) is 4.51. The lowest BCUT2D eigenvalue weighted by molar-refractivity contribution is -0.135. The van der Waals surface area contributed by atoms with Crippen molar-refractivity contribution >= 4 is 23.6 Å². The van der Waals surface area contributed by atoms with Crippen LogP contribution < -0.4 is 0 Å². The van der Waals surface area contributed by atoms with Crippen LogP contribution in [0.2, 0.25) is 0 Å². The van der Waals surface area contributed by atoms with E-state index in [1.165, 1.54) is 17.5 Å². The fourth-order valence-electron chi connectivity index (χ4n) is 4.51. The first-order valence-electron chi connectivity index (χ1n) is 10.6. The van der Waals surface area contributed by atoms with E-state index in [9.17, 15) is 9.59 Å². The van der Waals surface area contributed by atoms with Gasteiger partial charge in [0.25, 0.3) is 5.91 Å². The van der Waals surface area contributed by atoms with Crippen LogP contribution in [0.15, 0.2) is 71.9 Å². The second-order valence-electron chi connectivity index (χ2n) is 8.11. The molecule has 5 rings (SSSR count). The molecule has 3 aliphatic rings. The maximum absolute atomic E-state index is 13.0. The van der Waals surface area contributed by atoms with Gasteiger partial charge in [0, 0.05) is 26.8 Å². The number of aryl methyl sites for hydroxylation is 1. The smallest absolute Gasteiger partial charge is 0.310 e. The van der Waals surface area contributed by atoms with Crippen molar-refractivity contribution in [2.24, 2.45) is 4.99 Å². The highest BCUT2D eigenvalue weighted by molar-refractivity contribution is 6.06. The first kappa shape index (κ1) is 19.4. The molecule has 7 nitrogen and oxygen atoms in total. The van der Waals surface area contributed by atoms with Gasteiger partial charge in [0.1, 0.15) is 0 Å². The van der Waals surface area contributed by atoms with Crippen LogP contribution in [-0.4, -0.2) is 70.3 Å². The number of likely N-dealkylation sites (N-methyl/N-ethyl adjacent to an activating group) is 2. The van der Waals surface area contributed by atoms with Crippen LogP contribution in [0.3, 0.4) is 0 Å². The molecular formula is C24H25N5O2. The van der Waals surface area contributed by atoms with Gasteiger partial charge >= 0.3 is 6.03 Å². The lowest BCUT2D eigenvalue weighted by atomic mass is 10.1. The summed E-state index contributed by atoms with van der Waals surface area (Å²) in [7, 11) is 3.24. The van der Waals surface area contributed by atoms with Gasteiger partial charge in [-0.3, -0.25) is 9.69 Å². The van der Waals surface area contributed by atoms with Crippen molar-refractivity contribution < 1.29 is 9.59 Å². The number of imide groups is 1. The molecular weight excluding hydrogens is 390 g/mol. The minimum atomic E-state index is -0.527. The number of fused-ring (bicyclic) bond motifs is 3. The standard InChI is InChI=1S/C24H25N5O2/c1-26-21-20(22(30)27(2)24(26)31)29-16-19(18-13-7-4-8-14-18)28(23(29)25-21)15-9-12-17-10-5-3-6-11-17/h3-8,10-11,13-14,16,20-21H,9,12,15H2,1-2H3. The molecule has 0 aliphatic carbocycles. The zero-order chi connectivity index (χ0) is 21.5.